The third-order valence-corrected chi connectivity index (χ3v) is 7.80. The van der Waals surface area contributed by atoms with Crippen LogP contribution in [-0.2, 0) is 19.8 Å². The number of nitrogens with zero attached hydrogens (tertiary/aromatic N) is 2. The molecule has 34 heavy (non-hydrogen) atoms. The molecule has 0 aromatic heterocycles. The molecule has 0 radical (unpaired) electrons. The predicted molar refractivity (Wildman–Crippen MR) is 134 cm³/mol. The summed E-state index contributed by atoms with van der Waals surface area (Å²) in [7, 11) is 0. The number of likely N-dealkylation sites (tertiary alicyclic amines) is 1. The van der Waals surface area contributed by atoms with Crippen molar-refractivity contribution in [2.75, 3.05) is 31.1 Å². The highest BCUT2D eigenvalue weighted by Gasteiger charge is 2.47. The van der Waals surface area contributed by atoms with Crippen LogP contribution in [0.4, 0.5) is 5.69 Å². The molecule has 7 heteroatoms. The van der Waals surface area contributed by atoms with Crippen molar-refractivity contribution in [2.45, 2.75) is 77.8 Å². The van der Waals surface area contributed by atoms with Gasteiger partial charge in [0, 0.05) is 31.4 Å². The molecule has 0 aliphatic carbocycles. The van der Waals surface area contributed by atoms with E-state index in [4.69, 9.17) is 0 Å². The smallest absolute Gasteiger partial charge is 0.245 e. The molecule has 1 aromatic rings. The van der Waals surface area contributed by atoms with Gasteiger partial charge in [-0.15, -0.1) is 0 Å². The molecule has 1 aromatic carbocycles. The number of rotatable bonds is 4. The first-order chi connectivity index (χ1) is 16.0. The Morgan fingerprint density at radius 3 is 2.41 bits per heavy atom. The number of carbonyl (C=O) groups is 3. The molecule has 3 aliphatic heterocycles. The van der Waals surface area contributed by atoms with Gasteiger partial charge in [-0.05, 0) is 63.1 Å². The largest absolute Gasteiger partial charge is 0.344 e. The van der Waals surface area contributed by atoms with E-state index in [2.05, 4.69) is 10.6 Å². The number of piperidine rings is 2. The summed E-state index contributed by atoms with van der Waals surface area (Å²) in [6, 6.07) is 7.57. The van der Waals surface area contributed by atoms with Gasteiger partial charge in [0.25, 0.3) is 0 Å². The number of nitrogens with one attached hydrogen (secondary N) is 2. The SMILES string of the molecule is CC1(C)C(=O)N(C2CCN(C(=O)[C@@H](NC(=O)[C@@H]3CCCNC3)C(C)(C)C)CC2)c2ccccc21. The van der Waals surface area contributed by atoms with Crippen molar-refractivity contribution in [3.63, 3.8) is 0 Å². The second-order valence-corrected chi connectivity index (χ2v) is 11.7. The molecule has 3 amide bonds. The van der Waals surface area contributed by atoms with Crippen molar-refractivity contribution < 1.29 is 14.4 Å². The van der Waals surface area contributed by atoms with E-state index in [0.717, 1.165) is 43.5 Å². The molecular formula is C27H40N4O3. The van der Waals surface area contributed by atoms with Crippen molar-refractivity contribution in [2.24, 2.45) is 11.3 Å². The number of amides is 3. The predicted octanol–water partition coefficient (Wildman–Crippen LogP) is 2.83. The van der Waals surface area contributed by atoms with Crippen molar-refractivity contribution in [1.29, 1.82) is 0 Å². The lowest BCUT2D eigenvalue weighted by molar-refractivity contribution is -0.141. The molecule has 2 N–H and O–H groups in total. The topological polar surface area (TPSA) is 81.8 Å². The second kappa shape index (κ2) is 9.33. The number of fused-ring (bicyclic) bond motifs is 1. The first-order valence-electron chi connectivity index (χ1n) is 12.7. The highest BCUT2D eigenvalue weighted by Crippen LogP contribution is 2.43. The van der Waals surface area contributed by atoms with Crippen LogP contribution in [0.5, 0.6) is 0 Å². The molecular weight excluding hydrogens is 428 g/mol. The summed E-state index contributed by atoms with van der Waals surface area (Å²) >= 11 is 0. The van der Waals surface area contributed by atoms with Gasteiger partial charge in [-0.1, -0.05) is 39.0 Å². The summed E-state index contributed by atoms with van der Waals surface area (Å²) < 4.78 is 0. The zero-order chi connectivity index (χ0) is 24.7. The summed E-state index contributed by atoms with van der Waals surface area (Å²) in [4.78, 5) is 43.6. The zero-order valence-electron chi connectivity index (χ0n) is 21.3. The van der Waals surface area contributed by atoms with E-state index in [-0.39, 0.29) is 35.1 Å². The lowest BCUT2D eigenvalue weighted by Gasteiger charge is -2.41. The van der Waals surface area contributed by atoms with Gasteiger partial charge < -0.3 is 20.4 Å². The van der Waals surface area contributed by atoms with Gasteiger partial charge in [-0.3, -0.25) is 14.4 Å². The Morgan fingerprint density at radius 1 is 1.12 bits per heavy atom. The van der Waals surface area contributed by atoms with Crippen LogP contribution in [0, 0.1) is 11.3 Å². The van der Waals surface area contributed by atoms with E-state index in [9.17, 15) is 14.4 Å². The number of carbonyl (C=O) groups excluding carboxylic acids is 3. The Balaban J connectivity index is 1.43. The molecule has 0 unspecified atom stereocenters. The van der Waals surface area contributed by atoms with Crippen molar-refractivity contribution in [3.8, 4) is 0 Å². The standard InChI is InChI=1S/C27H40N4O3/c1-26(2,3)22(29-23(32)18-9-8-14-28-17-18)24(33)30-15-12-19(13-16-30)31-21-11-7-6-10-20(21)27(4,5)25(31)34/h6-7,10-11,18-19,22,28H,8-9,12-17H2,1-5H3,(H,29,32)/t18-,22-/m1/s1. The van der Waals surface area contributed by atoms with Crippen molar-refractivity contribution in [1.82, 2.24) is 15.5 Å². The summed E-state index contributed by atoms with van der Waals surface area (Å²) in [5.41, 5.74) is 1.16. The van der Waals surface area contributed by atoms with Crippen LogP contribution < -0.4 is 15.5 Å². The fourth-order valence-electron chi connectivity index (χ4n) is 5.61. The van der Waals surface area contributed by atoms with Crippen LogP contribution in [0.1, 0.15) is 65.9 Å². The van der Waals surface area contributed by atoms with E-state index in [0.29, 0.717) is 19.6 Å². The van der Waals surface area contributed by atoms with E-state index in [1.165, 1.54) is 0 Å². The Hall–Kier alpha value is -2.41. The van der Waals surface area contributed by atoms with Crippen LogP contribution in [0.3, 0.4) is 0 Å². The fraction of sp³-hybridized carbons (Fsp3) is 0.667. The molecule has 3 heterocycles. The third-order valence-electron chi connectivity index (χ3n) is 7.80. The summed E-state index contributed by atoms with van der Waals surface area (Å²) in [6.45, 7) is 12.8. The van der Waals surface area contributed by atoms with Gasteiger partial charge in [-0.2, -0.15) is 0 Å². The van der Waals surface area contributed by atoms with Crippen LogP contribution in [-0.4, -0.2) is 60.9 Å². The van der Waals surface area contributed by atoms with E-state index >= 15 is 0 Å². The number of para-hydroxylation sites is 1. The van der Waals surface area contributed by atoms with Gasteiger partial charge in [0.2, 0.25) is 17.7 Å². The molecule has 7 nitrogen and oxygen atoms in total. The molecule has 186 valence electrons. The maximum absolute atomic E-state index is 13.6. The average molecular weight is 469 g/mol. The molecule has 0 spiro atoms. The number of hydrogen-bond donors (Lipinski definition) is 2. The van der Waals surface area contributed by atoms with Crippen molar-refractivity contribution in [3.05, 3.63) is 29.8 Å². The van der Waals surface area contributed by atoms with E-state index in [1.807, 2.05) is 68.7 Å². The first kappa shape index (κ1) is 24.7. The van der Waals surface area contributed by atoms with E-state index < -0.39 is 11.5 Å². The quantitative estimate of drug-likeness (QED) is 0.712. The normalized spacial score (nSPS) is 24.0. The minimum absolute atomic E-state index is 0.0171. The van der Waals surface area contributed by atoms with Crippen LogP contribution >= 0.6 is 0 Å². The Labute approximate surface area is 203 Å². The van der Waals surface area contributed by atoms with Gasteiger partial charge in [-0.25, -0.2) is 0 Å². The maximum atomic E-state index is 13.6. The number of benzene rings is 1. The number of hydrogen-bond acceptors (Lipinski definition) is 4. The molecule has 2 saturated heterocycles. The minimum Gasteiger partial charge on any atom is -0.344 e. The zero-order valence-corrected chi connectivity index (χ0v) is 21.3. The molecule has 0 saturated carbocycles. The van der Waals surface area contributed by atoms with Crippen molar-refractivity contribution >= 4 is 23.4 Å². The van der Waals surface area contributed by atoms with Crippen LogP contribution in [0.15, 0.2) is 24.3 Å². The Morgan fingerprint density at radius 2 is 1.79 bits per heavy atom. The maximum Gasteiger partial charge on any atom is 0.245 e. The fourth-order valence-corrected chi connectivity index (χ4v) is 5.61. The third kappa shape index (κ3) is 4.59. The molecule has 4 rings (SSSR count). The average Bonchev–Trinajstić information content (AvgIpc) is 3.02. The Bertz CT molecular complexity index is 937. The van der Waals surface area contributed by atoms with Gasteiger partial charge >= 0.3 is 0 Å². The monoisotopic (exact) mass is 468 g/mol. The summed E-state index contributed by atoms with van der Waals surface area (Å²) in [5.74, 6) is 0.00884. The van der Waals surface area contributed by atoms with Gasteiger partial charge in [0.15, 0.2) is 0 Å². The number of anilines is 1. The van der Waals surface area contributed by atoms with Crippen LogP contribution in [0.25, 0.3) is 0 Å². The summed E-state index contributed by atoms with van der Waals surface area (Å²) in [6.07, 6.45) is 3.31. The highest BCUT2D eigenvalue weighted by molar-refractivity contribution is 6.08. The molecule has 0 bridgehead atoms. The lowest BCUT2D eigenvalue weighted by Crippen LogP contribution is -2.59. The molecule has 2 atom stereocenters. The highest BCUT2D eigenvalue weighted by atomic mass is 16.2. The van der Waals surface area contributed by atoms with E-state index in [1.54, 1.807) is 0 Å². The molecule has 3 aliphatic rings. The minimum atomic E-state index is -0.563. The van der Waals surface area contributed by atoms with Gasteiger partial charge in [0.1, 0.15) is 6.04 Å². The van der Waals surface area contributed by atoms with Crippen LogP contribution in [0.2, 0.25) is 0 Å². The Kier molecular flexibility index (Phi) is 6.78. The second-order valence-electron chi connectivity index (χ2n) is 11.7. The van der Waals surface area contributed by atoms with Gasteiger partial charge in [0.05, 0.1) is 11.3 Å². The lowest BCUT2D eigenvalue weighted by atomic mass is 9.84. The molecule has 2 fully saturated rings. The first-order valence-corrected chi connectivity index (χ1v) is 12.7. The summed E-state index contributed by atoms with van der Waals surface area (Å²) in [5, 5.41) is 6.37.